The van der Waals surface area contributed by atoms with Gasteiger partial charge >= 0.3 is 7.48 Å². The first kappa shape index (κ1) is 5.99. The molecule has 0 bridgehead atoms. The van der Waals surface area contributed by atoms with Crippen LogP contribution in [0.2, 0.25) is 0 Å². The highest BCUT2D eigenvalue weighted by molar-refractivity contribution is 6.48. The second-order valence-electron chi connectivity index (χ2n) is 2.45. The van der Waals surface area contributed by atoms with Crippen molar-refractivity contribution in [1.29, 1.82) is 0 Å². The van der Waals surface area contributed by atoms with Crippen molar-refractivity contribution in [1.82, 2.24) is 0 Å². The molecule has 0 aliphatic carbocycles. The molecule has 0 spiro atoms. The van der Waals surface area contributed by atoms with Gasteiger partial charge in [0.1, 0.15) is 0 Å². The maximum absolute atomic E-state index is 5.17. The van der Waals surface area contributed by atoms with E-state index in [4.69, 9.17) is 4.65 Å². The molecule has 0 amide bonds. The Hall–Kier alpha value is -0.755. The Morgan fingerprint density at radius 2 is 2.20 bits per heavy atom. The van der Waals surface area contributed by atoms with Crippen LogP contribution in [0.15, 0.2) is 24.3 Å². The summed E-state index contributed by atoms with van der Waals surface area (Å²) in [5.41, 5.74) is 2.72. The third-order valence-corrected chi connectivity index (χ3v) is 1.78. The van der Waals surface area contributed by atoms with Crippen LogP contribution in [-0.2, 0) is 11.1 Å². The molecule has 0 atom stereocenters. The predicted molar refractivity (Wildman–Crippen MR) is 42.3 cm³/mol. The van der Waals surface area contributed by atoms with Crippen molar-refractivity contribution in [2.75, 3.05) is 0 Å². The number of rotatable bonds is 0. The molecule has 49 valence electrons. The summed E-state index contributed by atoms with van der Waals surface area (Å²) in [4.78, 5) is 0. The number of hydrogen-bond acceptors (Lipinski definition) is 1. The minimum absolute atomic E-state index is 0.746. The van der Waals surface area contributed by atoms with Crippen LogP contribution in [0.3, 0.4) is 0 Å². The standard InChI is InChI=1S/C8H8BO/c1-2-4-8-7(3-1)5-6-10-9-8/h1-4,6,9H,5H2. The monoisotopic (exact) mass is 131 g/mol. The first-order valence-corrected chi connectivity index (χ1v) is 3.47. The third-order valence-electron chi connectivity index (χ3n) is 1.78. The van der Waals surface area contributed by atoms with Crippen LogP contribution in [0.5, 0.6) is 0 Å². The van der Waals surface area contributed by atoms with E-state index in [1.54, 1.807) is 0 Å². The van der Waals surface area contributed by atoms with Crippen molar-refractivity contribution in [2.24, 2.45) is 0 Å². The second kappa shape index (κ2) is 2.47. The van der Waals surface area contributed by atoms with Crippen LogP contribution in [0.1, 0.15) is 5.56 Å². The zero-order valence-electron chi connectivity index (χ0n) is 5.71. The Kier molecular flexibility index (Phi) is 1.48. The minimum Gasteiger partial charge on any atom is -0.429 e. The third kappa shape index (κ3) is 0.950. The Morgan fingerprint density at radius 1 is 1.30 bits per heavy atom. The molecule has 1 heterocycles. The lowest BCUT2D eigenvalue weighted by Gasteiger charge is -2.13. The molecule has 1 aliphatic heterocycles. The summed E-state index contributed by atoms with van der Waals surface area (Å²) in [5, 5.41) is 0. The quantitative estimate of drug-likeness (QED) is 0.463. The molecule has 2 heteroatoms. The van der Waals surface area contributed by atoms with Gasteiger partial charge in [-0.3, -0.25) is 0 Å². The van der Waals surface area contributed by atoms with Gasteiger partial charge in [0.15, 0.2) is 0 Å². The molecule has 2 rings (SSSR count). The molecule has 1 nitrogen and oxygen atoms in total. The van der Waals surface area contributed by atoms with Gasteiger partial charge in [0, 0.05) is 0 Å². The number of hydrogen-bond donors (Lipinski definition) is 0. The fraction of sp³-hybridized carbons (Fsp3) is 0.125. The molecular weight excluding hydrogens is 123 g/mol. The van der Waals surface area contributed by atoms with Crippen LogP contribution < -0.4 is 5.46 Å². The van der Waals surface area contributed by atoms with E-state index in [0.29, 0.717) is 0 Å². The lowest BCUT2D eigenvalue weighted by atomic mass is 9.81. The van der Waals surface area contributed by atoms with Crippen molar-refractivity contribution in [3.8, 4) is 0 Å². The lowest BCUT2D eigenvalue weighted by molar-refractivity contribution is 0.426. The van der Waals surface area contributed by atoms with Crippen molar-refractivity contribution >= 4 is 12.9 Å². The van der Waals surface area contributed by atoms with Crippen molar-refractivity contribution in [3.05, 3.63) is 36.4 Å². The van der Waals surface area contributed by atoms with E-state index in [1.807, 2.05) is 12.7 Å². The molecule has 0 saturated carbocycles. The van der Waals surface area contributed by atoms with Gasteiger partial charge in [-0.1, -0.05) is 24.3 Å². The molecular formula is C8H8BO. The second-order valence-corrected chi connectivity index (χ2v) is 2.45. The molecule has 0 aromatic heterocycles. The molecule has 0 fully saturated rings. The fourth-order valence-corrected chi connectivity index (χ4v) is 1.19. The Labute approximate surface area is 61.3 Å². The molecule has 1 aromatic carbocycles. The summed E-state index contributed by atoms with van der Waals surface area (Å²) >= 11 is 0. The summed E-state index contributed by atoms with van der Waals surface area (Å²) in [6, 6.07) is 8.38. The van der Waals surface area contributed by atoms with Crippen molar-refractivity contribution < 1.29 is 4.65 Å². The SMILES string of the molecule is B1O[CH]Cc2ccccc21. The van der Waals surface area contributed by atoms with Gasteiger partial charge in [-0.15, -0.1) is 0 Å². The maximum atomic E-state index is 5.17. The average Bonchev–Trinajstić information content (AvgIpc) is 2.05. The van der Waals surface area contributed by atoms with E-state index in [2.05, 4.69) is 18.2 Å². The molecule has 0 N–H and O–H groups in total. The molecule has 1 radical (unpaired) electrons. The summed E-state index contributed by atoms with van der Waals surface area (Å²) in [5.74, 6) is 0. The number of fused-ring (bicyclic) bond motifs is 1. The molecule has 0 unspecified atom stereocenters. The highest BCUT2D eigenvalue weighted by atomic mass is 16.4. The van der Waals surface area contributed by atoms with Gasteiger partial charge in [-0.25, -0.2) is 0 Å². The fourth-order valence-electron chi connectivity index (χ4n) is 1.19. The Balaban J connectivity index is 2.41. The minimum atomic E-state index is 0.746. The van der Waals surface area contributed by atoms with Crippen LogP contribution in [-0.4, -0.2) is 7.48 Å². The van der Waals surface area contributed by atoms with Gasteiger partial charge in [0.2, 0.25) is 0 Å². The van der Waals surface area contributed by atoms with Gasteiger partial charge < -0.3 is 4.65 Å². The first-order valence-electron chi connectivity index (χ1n) is 3.47. The van der Waals surface area contributed by atoms with Gasteiger partial charge in [0.25, 0.3) is 0 Å². The van der Waals surface area contributed by atoms with Crippen molar-refractivity contribution in [3.63, 3.8) is 0 Å². The van der Waals surface area contributed by atoms with Crippen LogP contribution >= 0.6 is 0 Å². The summed E-state index contributed by atoms with van der Waals surface area (Å²) in [6.07, 6.45) is 0.955. The van der Waals surface area contributed by atoms with Crippen molar-refractivity contribution in [2.45, 2.75) is 6.42 Å². The summed E-state index contributed by atoms with van der Waals surface area (Å²) < 4.78 is 5.17. The van der Waals surface area contributed by atoms with E-state index in [1.165, 1.54) is 11.0 Å². The van der Waals surface area contributed by atoms with E-state index < -0.39 is 0 Å². The molecule has 1 aliphatic rings. The zero-order chi connectivity index (χ0) is 6.81. The van der Waals surface area contributed by atoms with E-state index in [9.17, 15) is 0 Å². The average molecular weight is 131 g/mol. The highest BCUT2D eigenvalue weighted by Crippen LogP contribution is 2.04. The number of benzene rings is 1. The molecule has 0 saturated heterocycles. The Morgan fingerprint density at radius 3 is 3.10 bits per heavy atom. The Bertz CT molecular complexity index is 209. The summed E-state index contributed by atoms with van der Waals surface area (Å²) in [7, 11) is 0.746. The smallest absolute Gasteiger partial charge is 0.309 e. The largest absolute Gasteiger partial charge is 0.429 e. The maximum Gasteiger partial charge on any atom is 0.309 e. The predicted octanol–water partition coefficient (Wildman–Crippen LogP) is 0.398. The van der Waals surface area contributed by atoms with Crippen LogP contribution in [0.25, 0.3) is 0 Å². The van der Waals surface area contributed by atoms with Crippen LogP contribution in [0.4, 0.5) is 0 Å². The van der Waals surface area contributed by atoms with Crippen LogP contribution in [0, 0.1) is 6.61 Å². The molecule has 1 aromatic rings. The van der Waals surface area contributed by atoms with Gasteiger partial charge in [0.05, 0.1) is 6.61 Å². The normalized spacial score (nSPS) is 15.6. The highest BCUT2D eigenvalue weighted by Gasteiger charge is 2.08. The topological polar surface area (TPSA) is 9.23 Å². The van der Waals surface area contributed by atoms with E-state index in [0.717, 1.165) is 13.9 Å². The lowest BCUT2D eigenvalue weighted by Crippen LogP contribution is -2.26. The van der Waals surface area contributed by atoms with Gasteiger partial charge in [-0.2, -0.15) is 0 Å². The van der Waals surface area contributed by atoms with E-state index in [-0.39, 0.29) is 0 Å². The molecule has 10 heavy (non-hydrogen) atoms. The van der Waals surface area contributed by atoms with Gasteiger partial charge in [-0.05, 0) is 17.4 Å². The summed E-state index contributed by atoms with van der Waals surface area (Å²) in [6.45, 7) is 1.86. The first-order chi connectivity index (χ1) is 4.97. The van der Waals surface area contributed by atoms with E-state index >= 15 is 0 Å². The zero-order valence-corrected chi connectivity index (χ0v) is 5.71.